The van der Waals surface area contributed by atoms with Crippen molar-refractivity contribution in [2.75, 3.05) is 19.5 Å². The zero-order chi connectivity index (χ0) is 20.2. The molecule has 0 atom stereocenters. The number of rotatable bonds is 7. The zero-order valence-corrected chi connectivity index (χ0v) is 18.5. The van der Waals surface area contributed by atoms with E-state index in [0.29, 0.717) is 0 Å². The van der Waals surface area contributed by atoms with Gasteiger partial charge in [0.2, 0.25) is 0 Å². The summed E-state index contributed by atoms with van der Waals surface area (Å²) >= 11 is 3.52. The van der Waals surface area contributed by atoms with Crippen molar-refractivity contribution in [2.45, 2.75) is 19.3 Å². The molecular formula is C26H25BrO2. The van der Waals surface area contributed by atoms with Crippen LogP contribution in [0.4, 0.5) is 0 Å². The average molecular weight is 449 g/mol. The molecule has 2 nitrogen and oxygen atoms in total. The molecule has 4 aromatic carbocycles. The minimum atomic E-state index is 0.857. The summed E-state index contributed by atoms with van der Waals surface area (Å²) in [6.45, 7) is 0. The van der Waals surface area contributed by atoms with Crippen molar-refractivity contribution < 1.29 is 9.47 Å². The standard InChI is InChI=1S/C26H25BrO2/c1-28-23-14-11-19-8-3-4-9-21(19)25(23)26-22-13-10-18(7-5-6-16-27)17-20(22)12-15-24(26)29-2/h3-4,8-15,17H,5-7,16H2,1-2H3. The fourth-order valence-corrected chi connectivity index (χ4v) is 4.44. The number of unbranched alkanes of at least 4 members (excludes halogenated alkanes) is 1. The van der Waals surface area contributed by atoms with E-state index in [1.165, 1.54) is 39.9 Å². The summed E-state index contributed by atoms with van der Waals surface area (Å²) in [7, 11) is 3.46. The first-order valence-electron chi connectivity index (χ1n) is 9.98. The number of hydrogen-bond acceptors (Lipinski definition) is 2. The third kappa shape index (κ3) is 3.84. The lowest BCUT2D eigenvalue weighted by atomic mass is 9.91. The van der Waals surface area contributed by atoms with Crippen molar-refractivity contribution in [3.8, 4) is 22.6 Å². The van der Waals surface area contributed by atoms with Crippen LogP contribution in [-0.2, 0) is 6.42 Å². The predicted molar refractivity (Wildman–Crippen MR) is 127 cm³/mol. The van der Waals surface area contributed by atoms with Gasteiger partial charge in [-0.15, -0.1) is 0 Å². The second-order valence-corrected chi connectivity index (χ2v) is 8.00. The lowest BCUT2D eigenvalue weighted by Crippen LogP contribution is -1.95. The van der Waals surface area contributed by atoms with Gasteiger partial charge in [-0.1, -0.05) is 70.5 Å². The van der Waals surface area contributed by atoms with Gasteiger partial charge in [0.25, 0.3) is 0 Å². The molecule has 0 bridgehead atoms. The van der Waals surface area contributed by atoms with Gasteiger partial charge in [0.05, 0.1) is 14.2 Å². The first kappa shape index (κ1) is 19.8. The van der Waals surface area contributed by atoms with E-state index in [9.17, 15) is 0 Å². The van der Waals surface area contributed by atoms with Gasteiger partial charge in [0, 0.05) is 16.5 Å². The van der Waals surface area contributed by atoms with Crippen LogP contribution in [0.5, 0.6) is 11.5 Å². The molecule has 4 aromatic rings. The number of ether oxygens (including phenoxy) is 2. The number of hydrogen-bond donors (Lipinski definition) is 0. The van der Waals surface area contributed by atoms with E-state index >= 15 is 0 Å². The summed E-state index contributed by atoms with van der Waals surface area (Å²) < 4.78 is 11.6. The van der Waals surface area contributed by atoms with Gasteiger partial charge in [-0.25, -0.2) is 0 Å². The van der Waals surface area contributed by atoms with Crippen LogP contribution in [0.3, 0.4) is 0 Å². The Morgan fingerprint density at radius 2 is 1.34 bits per heavy atom. The number of fused-ring (bicyclic) bond motifs is 2. The fraction of sp³-hybridized carbons (Fsp3) is 0.231. The Labute approximate surface area is 180 Å². The molecule has 0 unspecified atom stereocenters. The largest absolute Gasteiger partial charge is 0.496 e. The van der Waals surface area contributed by atoms with Gasteiger partial charge in [0.15, 0.2) is 0 Å². The summed E-state index contributed by atoms with van der Waals surface area (Å²) in [4.78, 5) is 0. The Morgan fingerprint density at radius 1 is 0.690 bits per heavy atom. The van der Waals surface area contributed by atoms with Gasteiger partial charge in [0.1, 0.15) is 11.5 Å². The van der Waals surface area contributed by atoms with Crippen molar-refractivity contribution in [1.82, 2.24) is 0 Å². The number of benzene rings is 4. The molecule has 3 heteroatoms. The van der Waals surface area contributed by atoms with Crippen molar-refractivity contribution in [2.24, 2.45) is 0 Å². The minimum absolute atomic E-state index is 0.857. The normalized spacial score (nSPS) is 11.1. The minimum Gasteiger partial charge on any atom is -0.496 e. The molecular weight excluding hydrogens is 424 g/mol. The van der Waals surface area contributed by atoms with Crippen LogP contribution < -0.4 is 9.47 Å². The van der Waals surface area contributed by atoms with Gasteiger partial charge >= 0.3 is 0 Å². The molecule has 0 heterocycles. The quantitative estimate of drug-likeness (QED) is 0.216. The Bertz CT molecular complexity index is 1150. The van der Waals surface area contributed by atoms with Crippen molar-refractivity contribution in [3.63, 3.8) is 0 Å². The highest BCUT2D eigenvalue weighted by Crippen LogP contribution is 2.45. The van der Waals surface area contributed by atoms with E-state index in [1.807, 2.05) is 6.07 Å². The van der Waals surface area contributed by atoms with Crippen LogP contribution >= 0.6 is 15.9 Å². The smallest absolute Gasteiger partial charge is 0.127 e. The summed E-state index contributed by atoms with van der Waals surface area (Å²) in [6, 6.07) is 23.6. The summed E-state index contributed by atoms with van der Waals surface area (Å²) in [5, 5.41) is 5.83. The second-order valence-electron chi connectivity index (χ2n) is 7.21. The highest BCUT2D eigenvalue weighted by Gasteiger charge is 2.18. The van der Waals surface area contributed by atoms with E-state index in [0.717, 1.165) is 34.4 Å². The summed E-state index contributed by atoms with van der Waals surface area (Å²) in [6.07, 6.45) is 3.48. The molecule has 0 saturated carbocycles. The maximum Gasteiger partial charge on any atom is 0.127 e. The number of aryl methyl sites for hydroxylation is 1. The maximum atomic E-state index is 5.81. The lowest BCUT2D eigenvalue weighted by molar-refractivity contribution is 0.411. The van der Waals surface area contributed by atoms with Crippen molar-refractivity contribution in [1.29, 1.82) is 0 Å². The second kappa shape index (κ2) is 8.87. The Morgan fingerprint density at radius 3 is 2.03 bits per heavy atom. The highest BCUT2D eigenvalue weighted by atomic mass is 79.9. The van der Waals surface area contributed by atoms with Gasteiger partial charge in [-0.2, -0.15) is 0 Å². The van der Waals surface area contributed by atoms with E-state index in [-0.39, 0.29) is 0 Å². The Hall–Kier alpha value is -2.52. The van der Waals surface area contributed by atoms with Crippen LogP contribution in [0.2, 0.25) is 0 Å². The molecule has 0 spiro atoms. The lowest BCUT2D eigenvalue weighted by Gasteiger charge is -2.18. The van der Waals surface area contributed by atoms with E-state index < -0.39 is 0 Å². The first-order chi connectivity index (χ1) is 14.3. The van der Waals surface area contributed by atoms with Crippen LogP contribution in [0.1, 0.15) is 18.4 Å². The monoisotopic (exact) mass is 448 g/mol. The number of halogens is 1. The molecule has 29 heavy (non-hydrogen) atoms. The van der Waals surface area contributed by atoms with Gasteiger partial charge in [-0.05, 0) is 58.5 Å². The third-order valence-electron chi connectivity index (χ3n) is 5.48. The molecule has 0 aliphatic carbocycles. The molecule has 0 amide bonds. The Kier molecular flexibility index (Phi) is 6.05. The molecule has 148 valence electrons. The molecule has 0 radical (unpaired) electrons. The Balaban J connectivity index is 1.97. The molecule has 0 N–H and O–H groups in total. The predicted octanol–water partition coefficient (Wildman–Crippen LogP) is 7.39. The summed E-state index contributed by atoms with van der Waals surface area (Å²) in [5.74, 6) is 1.72. The fourth-order valence-electron chi connectivity index (χ4n) is 4.05. The third-order valence-corrected chi connectivity index (χ3v) is 6.04. The SMILES string of the molecule is COc1ccc2ccccc2c1-c1c(OC)ccc2cc(CCCCBr)ccc12. The van der Waals surface area contributed by atoms with Gasteiger partial charge < -0.3 is 9.47 Å². The molecule has 0 saturated heterocycles. The van der Waals surface area contributed by atoms with Crippen LogP contribution in [0.15, 0.2) is 66.7 Å². The molecule has 4 rings (SSSR count). The number of methoxy groups -OCH3 is 2. The van der Waals surface area contributed by atoms with Crippen molar-refractivity contribution in [3.05, 3.63) is 72.3 Å². The molecule has 0 aliphatic rings. The van der Waals surface area contributed by atoms with E-state index in [2.05, 4.69) is 76.6 Å². The maximum absolute atomic E-state index is 5.81. The topological polar surface area (TPSA) is 18.5 Å². The van der Waals surface area contributed by atoms with Crippen LogP contribution in [-0.4, -0.2) is 19.5 Å². The van der Waals surface area contributed by atoms with Crippen LogP contribution in [0.25, 0.3) is 32.7 Å². The average Bonchev–Trinajstić information content (AvgIpc) is 2.77. The summed E-state index contributed by atoms with van der Waals surface area (Å²) in [5.41, 5.74) is 3.55. The highest BCUT2D eigenvalue weighted by molar-refractivity contribution is 9.09. The van der Waals surface area contributed by atoms with Crippen molar-refractivity contribution >= 4 is 37.5 Å². The first-order valence-corrected chi connectivity index (χ1v) is 11.1. The zero-order valence-electron chi connectivity index (χ0n) is 16.9. The molecule has 0 aliphatic heterocycles. The number of alkyl halides is 1. The molecule has 0 fully saturated rings. The van der Waals surface area contributed by atoms with Gasteiger partial charge in [-0.3, -0.25) is 0 Å². The molecule has 0 aromatic heterocycles. The van der Waals surface area contributed by atoms with E-state index in [4.69, 9.17) is 9.47 Å². The van der Waals surface area contributed by atoms with E-state index in [1.54, 1.807) is 14.2 Å². The van der Waals surface area contributed by atoms with Crippen LogP contribution in [0, 0.1) is 0 Å².